The summed E-state index contributed by atoms with van der Waals surface area (Å²) in [6, 6.07) is 20.2. The SMILES string of the molecule is Nc1cc(N)c(OCCCCCCCCCCOc2ccc(C=CC(=O)c3ccccc3)cc2)c(C=O)c1. The molecule has 0 spiro atoms. The van der Waals surface area contributed by atoms with Crippen LogP contribution in [-0.2, 0) is 0 Å². The van der Waals surface area contributed by atoms with Crippen LogP contribution >= 0.6 is 0 Å². The van der Waals surface area contributed by atoms with Crippen molar-refractivity contribution in [1.82, 2.24) is 0 Å². The second-order valence-electron chi connectivity index (χ2n) is 9.30. The normalized spacial score (nSPS) is 10.9. The van der Waals surface area contributed by atoms with Crippen LogP contribution in [0.2, 0.25) is 0 Å². The lowest BCUT2D eigenvalue weighted by atomic mass is 10.1. The van der Waals surface area contributed by atoms with Gasteiger partial charge in [-0.3, -0.25) is 9.59 Å². The third-order valence-electron chi connectivity index (χ3n) is 6.22. The lowest BCUT2D eigenvalue weighted by Crippen LogP contribution is -2.04. The average Bonchev–Trinajstić information content (AvgIpc) is 2.94. The largest absolute Gasteiger partial charge is 0.494 e. The number of benzene rings is 3. The zero-order chi connectivity index (χ0) is 27.0. The van der Waals surface area contributed by atoms with E-state index < -0.39 is 0 Å². The average molecular weight is 515 g/mol. The fourth-order valence-electron chi connectivity index (χ4n) is 4.13. The summed E-state index contributed by atoms with van der Waals surface area (Å²) < 4.78 is 11.6. The number of nitrogens with two attached hydrogens (primary N) is 2. The molecule has 0 radical (unpaired) electrons. The summed E-state index contributed by atoms with van der Waals surface area (Å²) in [5.41, 5.74) is 14.5. The molecule has 0 aliphatic rings. The van der Waals surface area contributed by atoms with Crippen molar-refractivity contribution in [2.45, 2.75) is 51.4 Å². The number of allylic oxidation sites excluding steroid dienone is 1. The van der Waals surface area contributed by atoms with E-state index in [2.05, 4.69) is 0 Å². The van der Waals surface area contributed by atoms with Gasteiger partial charge in [0.05, 0.1) is 24.5 Å². The number of nitrogen functional groups attached to an aromatic ring is 2. The first-order chi connectivity index (χ1) is 18.6. The maximum Gasteiger partial charge on any atom is 0.185 e. The Bertz CT molecular complexity index is 1170. The number of carbonyl (C=O) groups excluding carboxylic acids is 2. The molecule has 0 aliphatic heterocycles. The smallest absolute Gasteiger partial charge is 0.185 e. The number of ketones is 1. The molecule has 0 fully saturated rings. The monoisotopic (exact) mass is 514 g/mol. The predicted molar refractivity (Wildman–Crippen MR) is 155 cm³/mol. The summed E-state index contributed by atoms with van der Waals surface area (Å²) in [4.78, 5) is 23.4. The van der Waals surface area contributed by atoms with E-state index >= 15 is 0 Å². The molecule has 6 nitrogen and oxygen atoms in total. The first kappa shape index (κ1) is 28.5. The Morgan fingerprint density at radius 3 is 1.97 bits per heavy atom. The van der Waals surface area contributed by atoms with E-state index in [-0.39, 0.29) is 5.78 Å². The van der Waals surface area contributed by atoms with Crippen molar-refractivity contribution in [3.8, 4) is 11.5 Å². The van der Waals surface area contributed by atoms with Crippen LogP contribution in [0.15, 0.2) is 72.8 Å². The Morgan fingerprint density at radius 1 is 0.737 bits per heavy atom. The van der Waals surface area contributed by atoms with Crippen LogP contribution < -0.4 is 20.9 Å². The van der Waals surface area contributed by atoms with Crippen LogP contribution in [0.4, 0.5) is 11.4 Å². The Morgan fingerprint density at radius 2 is 1.34 bits per heavy atom. The van der Waals surface area contributed by atoms with Crippen molar-refractivity contribution >= 4 is 29.5 Å². The quantitative estimate of drug-likeness (QED) is 0.0652. The van der Waals surface area contributed by atoms with E-state index in [0.29, 0.717) is 41.5 Å². The van der Waals surface area contributed by atoms with E-state index in [9.17, 15) is 9.59 Å². The maximum absolute atomic E-state index is 12.2. The van der Waals surface area contributed by atoms with Gasteiger partial charge in [-0.2, -0.15) is 0 Å². The predicted octanol–water partition coefficient (Wildman–Crippen LogP) is 7.14. The fourth-order valence-corrected chi connectivity index (χ4v) is 4.13. The van der Waals surface area contributed by atoms with Crippen molar-refractivity contribution in [3.63, 3.8) is 0 Å². The molecule has 4 N–H and O–H groups in total. The third kappa shape index (κ3) is 9.77. The molecule has 3 aromatic carbocycles. The molecule has 0 atom stereocenters. The van der Waals surface area contributed by atoms with E-state index in [1.807, 2.05) is 60.7 Å². The van der Waals surface area contributed by atoms with Crippen LogP contribution in [0.1, 0.15) is 77.6 Å². The number of unbranched alkanes of at least 4 members (excludes halogenated alkanes) is 7. The van der Waals surface area contributed by atoms with Crippen LogP contribution in [-0.4, -0.2) is 25.3 Å². The molecule has 200 valence electrons. The zero-order valence-corrected chi connectivity index (χ0v) is 21.9. The maximum atomic E-state index is 12.2. The van der Waals surface area contributed by atoms with Gasteiger partial charge in [-0.05, 0) is 48.7 Å². The lowest BCUT2D eigenvalue weighted by Gasteiger charge is -2.12. The number of ether oxygens (including phenoxy) is 2. The molecule has 0 saturated carbocycles. The highest BCUT2D eigenvalue weighted by molar-refractivity contribution is 6.06. The van der Waals surface area contributed by atoms with Crippen LogP contribution in [0, 0.1) is 0 Å². The van der Waals surface area contributed by atoms with Crippen molar-refractivity contribution < 1.29 is 19.1 Å². The van der Waals surface area contributed by atoms with Gasteiger partial charge >= 0.3 is 0 Å². The van der Waals surface area contributed by atoms with Gasteiger partial charge in [0.2, 0.25) is 0 Å². The molecule has 38 heavy (non-hydrogen) atoms. The van der Waals surface area contributed by atoms with E-state index in [1.165, 1.54) is 19.3 Å². The summed E-state index contributed by atoms with van der Waals surface area (Å²) in [5.74, 6) is 1.27. The van der Waals surface area contributed by atoms with Gasteiger partial charge < -0.3 is 20.9 Å². The molecule has 0 unspecified atom stereocenters. The molecular weight excluding hydrogens is 476 g/mol. The highest BCUT2D eigenvalue weighted by Gasteiger charge is 2.09. The van der Waals surface area contributed by atoms with E-state index in [0.717, 1.165) is 49.7 Å². The molecule has 6 heteroatoms. The minimum Gasteiger partial charge on any atom is -0.494 e. The number of carbonyl (C=O) groups is 2. The van der Waals surface area contributed by atoms with E-state index in [1.54, 1.807) is 18.2 Å². The van der Waals surface area contributed by atoms with Gasteiger partial charge in [0.15, 0.2) is 17.8 Å². The standard InChI is InChI=1S/C32H38N2O4/c33-28-22-27(24-35)32(30(34)23-28)38-21-11-6-4-2-1-3-5-10-20-37-29-17-14-25(15-18-29)16-19-31(36)26-12-8-7-9-13-26/h7-9,12-19,22-24H,1-6,10-11,20-21,33-34H2. The third-order valence-corrected chi connectivity index (χ3v) is 6.22. The Kier molecular flexibility index (Phi) is 11.9. The van der Waals surface area contributed by atoms with Gasteiger partial charge in [0.1, 0.15) is 5.75 Å². The molecule has 3 rings (SSSR count). The minimum atomic E-state index is -0.00546. The second-order valence-corrected chi connectivity index (χ2v) is 9.30. The van der Waals surface area contributed by atoms with Crippen LogP contribution in [0.3, 0.4) is 0 Å². The Balaban J connectivity index is 1.19. The topological polar surface area (TPSA) is 105 Å². The molecule has 0 saturated heterocycles. The number of hydrogen-bond acceptors (Lipinski definition) is 6. The zero-order valence-electron chi connectivity index (χ0n) is 21.9. The van der Waals surface area contributed by atoms with Gasteiger partial charge in [-0.25, -0.2) is 0 Å². The van der Waals surface area contributed by atoms with Crippen LogP contribution in [0.5, 0.6) is 11.5 Å². The van der Waals surface area contributed by atoms with Crippen molar-refractivity contribution in [3.05, 3.63) is 89.5 Å². The highest BCUT2D eigenvalue weighted by atomic mass is 16.5. The fraction of sp³-hybridized carbons (Fsp3) is 0.312. The minimum absolute atomic E-state index is 0.00546. The van der Waals surface area contributed by atoms with Crippen molar-refractivity contribution in [2.75, 3.05) is 24.7 Å². The second kappa shape index (κ2) is 15.9. The lowest BCUT2D eigenvalue weighted by molar-refractivity contribution is 0.104. The van der Waals surface area contributed by atoms with Crippen molar-refractivity contribution in [2.24, 2.45) is 0 Å². The Hall–Kier alpha value is -4.06. The summed E-state index contributed by atoms with van der Waals surface area (Å²) >= 11 is 0. The highest BCUT2D eigenvalue weighted by Crippen LogP contribution is 2.28. The summed E-state index contributed by atoms with van der Waals surface area (Å²) in [6.07, 6.45) is 13.1. The van der Waals surface area contributed by atoms with E-state index in [4.69, 9.17) is 20.9 Å². The summed E-state index contributed by atoms with van der Waals surface area (Å²) in [6.45, 7) is 1.24. The molecule has 0 aliphatic carbocycles. The molecule has 0 heterocycles. The molecule has 0 amide bonds. The summed E-state index contributed by atoms with van der Waals surface area (Å²) in [5, 5.41) is 0. The Labute approximate surface area is 225 Å². The van der Waals surface area contributed by atoms with Gasteiger partial charge in [0.25, 0.3) is 0 Å². The number of aldehydes is 1. The number of anilines is 2. The molecule has 0 bridgehead atoms. The molecule has 3 aromatic rings. The van der Waals surface area contributed by atoms with Gasteiger partial charge in [-0.15, -0.1) is 0 Å². The van der Waals surface area contributed by atoms with Gasteiger partial charge in [0, 0.05) is 11.3 Å². The first-order valence-electron chi connectivity index (χ1n) is 13.3. The first-order valence-corrected chi connectivity index (χ1v) is 13.3. The van der Waals surface area contributed by atoms with Crippen molar-refractivity contribution in [1.29, 1.82) is 0 Å². The van der Waals surface area contributed by atoms with Crippen LogP contribution in [0.25, 0.3) is 6.08 Å². The molecular formula is C32H38N2O4. The van der Waals surface area contributed by atoms with Gasteiger partial charge in [-0.1, -0.05) is 87.1 Å². The summed E-state index contributed by atoms with van der Waals surface area (Å²) in [7, 11) is 0. The number of hydrogen-bond donors (Lipinski definition) is 2. The number of rotatable bonds is 17. The molecule has 0 aromatic heterocycles.